The van der Waals surface area contributed by atoms with Gasteiger partial charge in [0.2, 0.25) is 5.91 Å². The van der Waals surface area contributed by atoms with E-state index in [0.29, 0.717) is 26.1 Å². The average Bonchev–Trinajstić information content (AvgIpc) is 3.40. The average molecular weight is 436 g/mol. The van der Waals surface area contributed by atoms with Crippen molar-refractivity contribution in [3.05, 3.63) is 75.7 Å². The van der Waals surface area contributed by atoms with Crippen LogP contribution in [-0.4, -0.2) is 58.8 Å². The molecule has 4 rings (SSSR count). The molecule has 31 heavy (non-hydrogen) atoms. The van der Waals surface area contributed by atoms with Crippen LogP contribution < -0.4 is 0 Å². The lowest BCUT2D eigenvalue weighted by molar-refractivity contribution is -0.132. The minimum absolute atomic E-state index is 0.146. The van der Waals surface area contributed by atoms with E-state index in [-0.39, 0.29) is 11.7 Å². The Balaban J connectivity index is 1.32. The number of carbonyl (C=O) groups is 2. The summed E-state index contributed by atoms with van der Waals surface area (Å²) in [6.07, 6.45) is 1.37. The third-order valence-corrected chi connectivity index (χ3v) is 6.94. The van der Waals surface area contributed by atoms with Crippen molar-refractivity contribution in [3.63, 3.8) is 0 Å². The molecule has 0 saturated carbocycles. The molecule has 1 aliphatic rings. The fourth-order valence-electron chi connectivity index (χ4n) is 4.31. The van der Waals surface area contributed by atoms with Gasteiger partial charge in [-0.05, 0) is 49.9 Å². The summed E-state index contributed by atoms with van der Waals surface area (Å²) in [4.78, 5) is 30.9. The van der Waals surface area contributed by atoms with E-state index in [2.05, 4.69) is 27.7 Å². The van der Waals surface area contributed by atoms with Gasteiger partial charge < -0.3 is 9.47 Å². The van der Waals surface area contributed by atoms with Crippen LogP contribution in [0.15, 0.2) is 53.9 Å². The molecule has 1 aliphatic heterocycles. The van der Waals surface area contributed by atoms with E-state index in [9.17, 15) is 9.59 Å². The first-order valence-corrected chi connectivity index (χ1v) is 11.7. The van der Waals surface area contributed by atoms with E-state index in [1.54, 1.807) is 11.3 Å². The highest BCUT2D eigenvalue weighted by Gasteiger charge is 2.24. The van der Waals surface area contributed by atoms with Crippen LogP contribution in [0.5, 0.6) is 0 Å². The fourth-order valence-corrected chi connectivity index (χ4v) is 5.02. The van der Waals surface area contributed by atoms with Gasteiger partial charge in [-0.3, -0.25) is 14.5 Å². The Morgan fingerprint density at radius 1 is 0.968 bits per heavy atom. The first kappa shape index (κ1) is 21.5. The number of benzene rings is 1. The molecule has 1 aromatic carbocycles. The summed E-state index contributed by atoms with van der Waals surface area (Å²) in [7, 11) is 0. The summed E-state index contributed by atoms with van der Waals surface area (Å²) in [5.74, 6) is 0.360. The second kappa shape index (κ2) is 9.62. The van der Waals surface area contributed by atoms with Crippen LogP contribution in [0, 0.1) is 13.8 Å². The number of aryl methyl sites for hydroxylation is 2. The van der Waals surface area contributed by atoms with Crippen LogP contribution in [0.4, 0.5) is 0 Å². The minimum atomic E-state index is 0.146. The van der Waals surface area contributed by atoms with E-state index in [1.165, 1.54) is 4.88 Å². The van der Waals surface area contributed by atoms with Gasteiger partial charge in [-0.25, -0.2) is 0 Å². The molecular formula is C25H29N3O2S. The molecule has 0 spiro atoms. The number of rotatable bonds is 7. The maximum absolute atomic E-state index is 13.0. The SMILES string of the molecule is Cc1cc(C(=O)CN2CCN(C(=O)CCc3cccs3)CC2)c(C)n1-c1ccccc1. The van der Waals surface area contributed by atoms with Crippen molar-refractivity contribution in [2.24, 2.45) is 0 Å². The highest BCUT2D eigenvalue weighted by molar-refractivity contribution is 7.09. The molecule has 5 nitrogen and oxygen atoms in total. The molecular weight excluding hydrogens is 406 g/mol. The number of amides is 1. The third kappa shape index (κ3) is 4.97. The Morgan fingerprint density at radius 3 is 2.39 bits per heavy atom. The van der Waals surface area contributed by atoms with E-state index >= 15 is 0 Å². The zero-order valence-electron chi connectivity index (χ0n) is 18.2. The van der Waals surface area contributed by atoms with Gasteiger partial charge in [-0.15, -0.1) is 11.3 Å². The molecule has 0 N–H and O–H groups in total. The Labute approximate surface area is 187 Å². The van der Waals surface area contributed by atoms with Crippen LogP contribution in [-0.2, 0) is 11.2 Å². The predicted molar refractivity (Wildman–Crippen MR) is 125 cm³/mol. The quantitative estimate of drug-likeness (QED) is 0.525. The standard InChI is InChI=1S/C25H29N3O2S/c1-19-17-23(20(2)28(19)21-7-4-3-5-8-21)24(29)18-26-12-14-27(15-13-26)25(30)11-10-22-9-6-16-31-22/h3-9,16-17H,10-15,18H2,1-2H3. The second-order valence-electron chi connectivity index (χ2n) is 8.12. The summed E-state index contributed by atoms with van der Waals surface area (Å²) in [6, 6.07) is 16.2. The molecule has 1 saturated heterocycles. The van der Waals surface area contributed by atoms with Gasteiger partial charge in [0.15, 0.2) is 5.78 Å². The predicted octanol–water partition coefficient (Wildman–Crippen LogP) is 4.12. The van der Waals surface area contributed by atoms with E-state index in [4.69, 9.17) is 0 Å². The van der Waals surface area contributed by atoms with Crippen LogP contribution in [0.3, 0.4) is 0 Å². The van der Waals surface area contributed by atoms with Crippen molar-refractivity contribution < 1.29 is 9.59 Å². The summed E-state index contributed by atoms with van der Waals surface area (Å²) >= 11 is 1.70. The molecule has 2 aromatic heterocycles. The third-order valence-electron chi connectivity index (χ3n) is 6.00. The smallest absolute Gasteiger partial charge is 0.223 e. The lowest BCUT2D eigenvalue weighted by Gasteiger charge is -2.34. The maximum Gasteiger partial charge on any atom is 0.223 e. The second-order valence-corrected chi connectivity index (χ2v) is 9.15. The monoisotopic (exact) mass is 435 g/mol. The van der Waals surface area contributed by atoms with E-state index in [1.807, 2.05) is 54.5 Å². The van der Waals surface area contributed by atoms with Crippen LogP contribution in [0.25, 0.3) is 5.69 Å². The molecule has 0 atom stereocenters. The van der Waals surface area contributed by atoms with Crippen LogP contribution >= 0.6 is 11.3 Å². The zero-order valence-corrected chi connectivity index (χ0v) is 19.0. The van der Waals surface area contributed by atoms with Crippen molar-refractivity contribution in [2.75, 3.05) is 32.7 Å². The molecule has 0 bridgehead atoms. The molecule has 3 aromatic rings. The largest absolute Gasteiger partial charge is 0.340 e. The lowest BCUT2D eigenvalue weighted by atomic mass is 10.1. The number of nitrogens with zero attached hydrogens (tertiary/aromatic N) is 3. The van der Waals surface area contributed by atoms with Gasteiger partial charge in [0.1, 0.15) is 0 Å². The van der Waals surface area contributed by atoms with Crippen LogP contribution in [0.2, 0.25) is 0 Å². The first-order valence-electron chi connectivity index (χ1n) is 10.8. The number of piperazine rings is 1. The topological polar surface area (TPSA) is 45.6 Å². The maximum atomic E-state index is 13.0. The summed E-state index contributed by atoms with van der Waals surface area (Å²) < 4.78 is 2.14. The first-order chi connectivity index (χ1) is 15.0. The molecule has 0 aliphatic carbocycles. The van der Waals surface area contributed by atoms with E-state index < -0.39 is 0 Å². The molecule has 6 heteroatoms. The highest BCUT2D eigenvalue weighted by atomic mass is 32.1. The Morgan fingerprint density at radius 2 is 1.71 bits per heavy atom. The number of thiophene rings is 1. The van der Waals surface area contributed by atoms with Gasteiger partial charge in [-0.1, -0.05) is 24.3 Å². The Bertz CT molecular complexity index is 1030. The van der Waals surface area contributed by atoms with Crippen LogP contribution in [0.1, 0.15) is 33.0 Å². The summed E-state index contributed by atoms with van der Waals surface area (Å²) in [5, 5.41) is 2.05. The normalized spacial score (nSPS) is 14.7. The Kier molecular flexibility index (Phi) is 6.68. The summed E-state index contributed by atoms with van der Waals surface area (Å²) in [6.45, 7) is 7.33. The van der Waals surface area contributed by atoms with Gasteiger partial charge in [0.25, 0.3) is 0 Å². The van der Waals surface area contributed by atoms with Gasteiger partial charge in [-0.2, -0.15) is 0 Å². The van der Waals surface area contributed by atoms with Gasteiger partial charge in [0, 0.05) is 60.1 Å². The Hall–Kier alpha value is -2.70. The van der Waals surface area contributed by atoms with Crippen molar-refractivity contribution in [1.29, 1.82) is 0 Å². The molecule has 0 radical (unpaired) electrons. The van der Waals surface area contributed by atoms with Gasteiger partial charge >= 0.3 is 0 Å². The van der Waals surface area contributed by atoms with Crippen molar-refractivity contribution in [1.82, 2.24) is 14.4 Å². The number of ketones is 1. The molecule has 1 fully saturated rings. The molecule has 1 amide bonds. The molecule has 0 unspecified atom stereocenters. The number of aromatic nitrogens is 1. The zero-order chi connectivity index (χ0) is 21.8. The number of para-hydroxylation sites is 1. The molecule has 162 valence electrons. The minimum Gasteiger partial charge on any atom is -0.340 e. The van der Waals surface area contributed by atoms with Crippen molar-refractivity contribution in [2.45, 2.75) is 26.7 Å². The summed E-state index contributed by atoms with van der Waals surface area (Å²) in [5.41, 5.74) is 3.91. The van der Waals surface area contributed by atoms with Crippen molar-refractivity contribution >= 4 is 23.0 Å². The number of carbonyl (C=O) groups excluding carboxylic acids is 2. The number of hydrogen-bond donors (Lipinski definition) is 0. The van der Waals surface area contributed by atoms with E-state index in [0.717, 1.165) is 42.1 Å². The lowest BCUT2D eigenvalue weighted by Crippen LogP contribution is -2.50. The fraction of sp³-hybridized carbons (Fsp3) is 0.360. The highest BCUT2D eigenvalue weighted by Crippen LogP contribution is 2.21. The number of Topliss-reactive ketones (excluding diaryl/α,β-unsaturated/α-hetero) is 1. The molecule has 3 heterocycles. The van der Waals surface area contributed by atoms with Gasteiger partial charge in [0.05, 0.1) is 6.54 Å². The van der Waals surface area contributed by atoms with Crippen molar-refractivity contribution in [3.8, 4) is 5.69 Å². The number of hydrogen-bond acceptors (Lipinski definition) is 4.